The zero-order chi connectivity index (χ0) is 19.4. The number of benzene rings is 2. The molecule has 0 aliphatic rings. The summed E-state index contributed by atoms with van der Waals surface area (Å²) in [5.74, 6) is 0.311. The molecule has 0 fully saturated rings. The Morgan fingerprint density at radius 2 is 1.63 bits per heavy atom. The molecule has 6 nitrogen and oxygen atoms in total. The molecule has 1 heterocycles. The fraction of sp³-hybridized carbons (Fsp3) is 0.167. The minimum Gasteiger partial charge on any atom is -0.419 e. The molecule has 0 saturated carbocycles. The molecule has 0 atom stereocenters. The Bertz CT molecular complexity index is 1020. The maximum atomic E-state index is 13.1. The number of hydrogen-bond acceptors (Lipinski definition) is 6. The van der Waals surface area contributed by atoms with Gasteiger partial charge in [0.05, 0.1) is 11.5 Å². The molecule has 0 saturated heterocycles. The highest BCUT2D eigenvalue weighted by Crippen LogP contribution is 2.33. The first kappa shape index (κ1) is 20.1. The number of nitrogens with zero attached hydrogens (tertiary/aromatic N) is 1. The van der Waals surface area contributed by atoms with Gasteiger partial charge < -0.3 is 14.5 Å². The van der Waals surface area contributed by atoms with Crippen molar-refractivity contribution < 1.29 is 17.6 Å². The SMILES string of the molecule is COCCNc1oc(-c2ccc(Br)cc2)nc1S(=O)(=O)c1ccc(Br)cc1. The number of anilines is 1. The largest absolute Gasteiger partial charge is 0.419 e. The van der Waals surface area contributed by atoms with E-state index in [0.29, 0.717) is 18.7 Å². The van der Waals surface area contributed by atoms with Crippen LogP contribution in [0.4, 0.5) is 5.88 Å². The second-order valence-electron chi connectivity index (χ2n) is 5.54. The topological polar surface area (TPSA) is 81.4 Å². The third-order valence-electron chi connectivity index (χ3n) is 3.66. The van der Waals surface area contributed by atoms with Gasteiger partial charge in [0.2, 0.25) is 26.6 Å². The zero-order valence-electron chi connectivity index (χ0n) is 14.3. The molecule has 3 rings (SSSR count). The summed E-state index contributed by atoms with van der Waals surface area (Å²) < 4.78 is 38.6. The van der Waals surface area contributed by atoms with Crippen LogP contribution in [0.25, 0.3) is 11.5 Å². The van der Waals surface area contributed by atoms with Crippen molar-refractivity contribution in [1.29, 1.82) is 0 Å². The van der Waals surface area contributed by atoms with Crippen LogP contribution in [0.5, 0.6) is 0 Å². The summed E-state index contributed by atoms with van der Waals surface area (Å²) in [6.45, 7) is 0.778. The number of sulfone groups is 1. The standard InChI is InChI=1S/C18H16Br2N2O4S/c1-25-11-10-21-17-18(27(23,24)15-8-6-14(20)7-9-15)22-16(26-17)12-2-4-13(19)5-3-12/h2-9,21H,10-11H2,1H3. The number of hydrogen-bond donors (Lipinski definition) is 1. The van der Waals surface area contributed by atoms with Gasteiger partial charge in [-0.05, 0) is 48.5 Å². The predicted molar refractivity (Wildman–Crippen MR) is 110 cm³/mol. The van der Waals surface area contributed by atoms with E-state index in [1.807, 2.05) is 12.1 Å². The molecule has 0 bridgehead atoms. The maximum Gasteiger partial charge on any atom is 0.233 e. The molecule has 9 heteroatoms. The van der Waals surface area contributed by atoms with Gasteiger partial charge in [0, 0.05) is 28.2 Å². The van der Waals surface area contributed by atoms with Crippen molar-refractivity contribution in [2.45, 2.75) is 9.92 Å². The van der Waals surface area contributed by atoms with E-state index in [9.17, 15) is 8.42 Å². The Balaban J connectivity index is 2.06. The molecular formula is C18H16Br2N2O4S. The summed E-state index contributed by atoms with van der Waals surface area (Å²) in [7, 11) is -2.29. The highest BCUT2D eigenvalue weighted by atomic mass is 79.9. The second kappa shape index (κ2) is 8.55. The molecule has 27 heavy (non-hydrogen) atoms. The Kier molecular flexibility index (Phi) is 6.36. The van der Waals surface area contributed by atoms with E-state index in [2.05, 4.69) is 42.2 Å². The lowest BCUT2D eigenvalue weighted by Crippen LogP contribution is -2.11. The van der Waals surface area contributed by atoms with Crippen molar-refractivity contribution in [1.82, 2.24) is 4.98 Å². The smallest absolute Gasteiger partial charge is 0.233 e. The lowest BCUT2D eigenvalue weighted by Gasteiger charge is -2.05. The molecule has 0 aliphatic heterocycles. The van der Waals surface area contributed by atoms with Crippen LogP contribution in [0.2, 0.25) is 0 Å². The van der Waals surface area contributed by atoms with Gasteiger partial charge in [0.15, 0.2) is 0 Å². The molecule has 3 aromatic rings. The van der Waals surface area contributed by atoms with E-state index in [-0.39, 0.29) is 21.7 Å². The quantitative estimate of drug-likeness (QED) is 0.457. The van der Waals surface area contributed by atoms with Crippen LogP contribution >= 0.6 is 31.9 Å². The molecule has 0 unspecified atom stereocenters. The summed E-state index contributed by atoms with van der Waals surface area (Å²) in [5.41, 5.74) is 0.672. The van der Waals surface area contributed by atoms with Crippen molar-refractivity contribution in [2.24, 2.45) is 0 Å². The Hall–Kier alpha value is -1.68. The third-order valence-corrected chi connectivity index (χ3v) is 6.39. The van der Waals surface area contributed by atoms with E-state index < -0.39 is 9.84 Å². The number of aromatic nitrogens is 1. The first-order chi connectivity index (χ1) is 12.9. The zero-order valence-corrected chi connectivity index (χ0v) is 18.3. The first-order valence-electron chi connectivity index (χ1n) is 7.92. The van der Waals surface area contributed by atoms with E-state index in [1.54, 1.807) is 31.4 Å². The van der Waals surface area contributed by atoms with Gasteiger partial charge in [0.1, 0.15) is 0 Å². The van der Waals surface area contributed by atoms with Crippen molar-refractivity contribution in [2.75, 3.05) is 25.6 Å². The summed E-state index contributed by atoms with van der Waals surface area (Å²) in [6.07, 6.45) is 0. The molecule has 1 N–H and O–H groups in total. The summed E-state index contributed by atoms with van der Waals surface area (Å²) in [5, 5.41) is 2.80. The summed E-state index contributed by atoms with van der Waals surface area (Å²) in [4.78, 5) is 4.41. The summed E-state index contributed by atoms with van der Waals surface area (Å²) >= 11 is 6.68. The van der Waals surface area contributed by atoms with Crippen LogP contribution < -0.4 is 5.32 Å². The lowest BCUT2D eigenvalue weighted by molar-refractivity contribution is 0.210. The number of oxazole rings is 1. The van der Waals surface area contributed by atoms with Gasteiger partial charge in [-0.2, -0.15) is 4.98 Å². The van der Waals surface area contributed by atoms with Gasteiger partial charge in [0.25, 0.3) is 0 Å². The number of halogens is 2. The van der Waals surface area contributed by atoms with Crippen molar-refractivity contribution >= 4 is 47.6 Å². The monoisotopic (exact) mass is 514 g/mol. The van der Waals surface area contributed by atoms with E-state index in [1.165, 1.54) is 12.1 Å². The predicted octanol–water partition coefficient (Wildman–Crippen LogP) is 4.76. The number of nitrogens with one attached hydrogen (secondary N) is 1. The number of methoxy groups -OCH3 is 1. The average molecular weight is 516 g/mol. The van der Waals surface area contributed by atoms with Crippen molar-refractivity contribution in [3.63, 3.8) is 0 Å². The third kappa shape index (κ3) is 4.60. The highest BCUT2D eigenvalue weighted by molar-refractivity contribution is 9.10. The van der Waals surface area contributed by atoms with Gasteiger partial charge in [-0.25, -0.2) is 8.42 Å². The van der Waals surface area contributed by atoms with Crippen LogP contribution in [0.1, 0.15) is 0 Å². The Morgan fingerprint density at radius 1 is 1.04 bits per heavy atom. The molecule has 0 aliphatic carbocycles. The molecule has 0 amide bonds. The van der Waals surface area contributed by atoms with Gasteiger partial charge in [-0.15, -0.1) is 0 Å². The minimum atomic E-state index is -3.86. The fourth-order valence-electron chi connectivity index (χ4n) is 2.31. The Morgan fingerprint density at radius 3 is 2.22 bits per heavy atom. The van der Waals surface area contributed by atoms with Crippen LogP contribution in [0.15, 0.2) is 71.8 Å². The van der Waals surface area contributed by atoms with Crippen molar-refractivity contribution in [3.8, 4) is 11.5 Å². The summed E-state index contributed by atoms with van der Waals surface area (Å²) in [6, 6.07) is 13.6. The number of rotatable bonds is 7. The van der Waals surface area contributed by atoms with E-state index in [0.717, 1.165) is 8.95 Å². The molecule has 2 aromatic carbocycles. The number of ether oxygens (including phenoxy) is 1. The van der Waals surface area contributed by atoms with Crippen molar-refractivity contribution in [3.05, 3.63) is 57.5 Å². The van der Waals surface area contributed by atoms with Crippen LogP contribution in [0.3, 0.4) is 0 Å². The van der Waals surface area contributed by atoms with Crippen LogP contribution in [-0.4, -0.2) is 33.7 Å². The fourth-order valence-corrected chi connectivity index (χ4v) is 4.12. The van der Waals surface area contributed by atoms with Gasteiger partial charge >= 0.3 is 0 Å². The maximum absolute atomic E-state index is 13.1. The average Bonchev–Trinajstić information content (AvgIpc) is 3.08. The first-order valence-corrected chi connectivity index (χ1v) is 11.0. The molecule has 0 spiro atoms. The van der Waals surface area contributed by atoms with E-state index >= 15 is 0 Å². The van der Waals surface area contributed by atoms with Crippen LogP contribution in [-0.2, 0) is 14.6 Å². The normalized spacial score (nSPS) is 11.5. The molecule has 1 aromatic heterocycles. The second-order valence-corrected chi connectivity index (χ2v) is 9.23. The van der Waals surface area contributed by atoms with Gasteiger partial charge in [-0.3, -0.25) is 0 Å². The lowest BCUT2D eigenvalue weighted by atomic mass is 10.2. The Labute approximate surface area is 174 Å². The van der Waals surface area contributed by atoms with Gasteiger partial charge in [-0.1, -0.05) is 31.9 Å². The molecular weight excluding hydrogens is 500 g/mol. The highest BCUT2D eigenvalue weighted by Gasteiger charge is 2.28. The van der Waals surface area contributed by atoms with Crippen LogP contribution in [0, 0.1) is 0 Å². The molecule has 0 radical (unpaired) electrons. The van der Waals surface area contributed by atoms with E-state index in [4.69, 9.17) is 9.15 Å². The molecule has 142 valence electrons. The minimum absolute atomic E-state index is 0.0906.